The van der Waals surface area contributed by atoms with Gasteiger partial charge < -0.3 is 14.7 Å². The number of nitriles is 1. The van der Waals surface area contributed by atoms with E-state index in [1.165, 1.54) is 6.20 Å². The highest BCUT2D eigenvalue weighted by Gasteiger charge is 2.30. The van der Waals surface area contributed by atoms with Crippen molar-refractivity contribution < 1.29 is 4.79 Å². The van der Waals surface area contributed by atoms with Crippen molar-refractivity contribution in [2.75, 3.05) is 45.2 Å². The van der Waals surface area contributed by atoms with Gasteiger partial charge in [-0.05, 0) is 24.7 Å². The number of piperazine rings is 1. The number of nitrogens with zero attached hydrogens (tertiary/aromatic N) is 5. The average molecular weight is 349 g/mol. The third-order valence-electron chi connectivity index (χ3n) is 4.73. The molecule has 2 heterocycles. The molecule has 0 bridgehead atoms. The van der Waals surface area contributed by atoms with Crippen LogP contribution in [0.15, 0.2) is 48.7 Å². The van der Waals surface area contributed by atoms with Crippen LogP contribution in [0.25, 0.3) is 0 Å². The first-order valence-corrected chi connectivity index (χ1v) is 8.68. The molecule has 0 spiro atoms. The second-order valence-electron chi connectivity index (χ2n) is 6.65. The summed E-state index contributed by atoms with van der Waals surface area (Å²) in [6.07, 6.45) is 1.53. The van der Waals surface area contributed by atoms with Gasteiger partial charge in [-0.25, -0.2) is 4.98 Å². The number of hydrogen-bond donors (Lipinski definition) is 0. The van der Waals surface area contributed by atoms with E-state index in [0.29, 0.717) is 17.9 Å². The predicted octanol–water partition coefficient (Wildman–Crippen LogP) is 1.90. The molecule has 6 nitrogen and oxygen atoms in total. The first kappa shape index (κ1) is 17.9. The van der Waals surface area contributed by atoms with Crippen molar-refractivity contribution in [2.24, 2.45) is 0 Å². The van der Waals surface area contributed by atoms with E-state index in [0.717, 1.165) is 18.7 Å². The Kier molecular flexibility index (Phi) is 5.49. The van der Waals surface area contributed by atoms with E-state index in [1.807, 2.05) is 35.0 Å². The fourth-order valence-electron chi connectivity index (χ4n) is 3.23. The molecule has 1 aliphatic heterocycles. The predicted molar refractivity (Wildman–Crippen MR) is 101 cm³/mol. The van der Waals surface area contributed by atoms with E-state index in [-0.39, 0.29) is 18.5 Å². The number of pyridine rings is 1. The Morgan fingerprint density at radius 2 is 2.04 bits per heavy atom. The minimum atomic E-state index is 0.0600. The topological polar surface area (TPSA) is 63.5 Å². The highest BCUT2D eigenvalue weighted by molar-refractivity contribution is 5.81. The van der Waals surface area contributed by atoms with Gasteiger partial charge in [-0.1, -0.05) is 30.3 Å². The fraction of sp³-hybridized carbons (Fsp3) is 0.350. The number of carbonyl (C=O) groups is 1. The molecule has 1 aromatic heterocycles. The van der Waals surface area contributed by atoms with Gasteiger partial charge in [-0.3, -0.25) is 4.79 Å². The lowest BCUT2D eigenvalue weighted by Crippen LogP contribution is -2.51. The third kappa shape index (κ3) is 4.01. The van der Waals surface area contributed by atoms with E-state index in [1.54, 1.807) is 12.1 Å². The first-order chi connectivity index (χ1) is 12.6. The van der Waals surface area contributed by atoms with E-state index in [9.17, 15) is 4.79 Å². The molecule has 2 aromatic rings. The third-order valence-corrected chi connectivity index (χ3v) is 4.73. The second-order valence-corrected chi connectivity index (χ2v) is 6.65. The smallest absolute Gasteiger partial charge is 0.242 e. The SMILES string of the molecule is CN1CCN(C(=O)CN(C)c2ccc(C#N)cn2)[C@@H](c2ccccc2)C1. The highest BCUT2D eigenvalue weighted by Crippen LogP contribution is 2.25. The van der Waals surface area contributed by atoms with Crippen LogP contribution in [0, 0.1) is 11.3 Å². The zero-order valence-electron chi connectivity index (χ0n) is 15.2. The summed E-state index contributed by atoms with van der Waals surface area (Å²) in [6, 6.07) is 15.8. The first-order valence-electron chi connectivity index (χ1n) is 8.68. The van der Waals surface area contributed by atoms with Crippen molar-refractivity contribution >= 4 is 11.7 Å². The molecule has 3 rings (SSSR count). The molecular weight excluding hydrogens is 326 g/mol. The van der Waals surface area contributed by atoms with Crippen LogP contribution in [-0.2, 0) is 4.79 Å². The molecule has 0 unspecified atom stereocenters. The molecule has 0 aliphatic carbocycles. The number of carbonyl (C=O) groups excluding carboxylic acids is 1. The molecule has 0 saturated carbocycles. The van der Waals surface area contributed by atoms with E-state index in [4.69, 9.17) is 5.26 Å². The molecule has 0 radical (unpaired) electrons. The van der Waals surface area contributed by atoms with E-state index >= 15 is 0 Å². The summed E-state index contributed by atoms with van der Waals surface area (Å²) in [5.74, 6) is 0.767. The average Bonchev–Trinajstić information content (AvgIpc) is 2.68. The molecule has 1 amide bonds. The van der Waals surface area contributed by atoms with Gasteiger partial charge in [-0.2, -0.15) is 5.26 Å². The summed E-state index contributed by atoms with van der Waals surface area (Å²) in [5, 5.41) is 8.87. The Labute approximate surface area is 154 Å². The van der Waals surface area contributed by atoms with Crippen LogP contribution in [0.5, 0.6) is 0 Å². The number of amides is 1. The quantitative estimate of drug-likeness (QED) is 0.844. The van der Waals surface area contributed by atoms with Crippen LogP contribution in [0.2, 0.25) is 0 Å². The molecule has 26 heavy (non-hydrogen) atoms. The summed E-state index contributed by atoms with van der Waals surface area (Å²) in [5.41, 5.74) is 1.67. The van der Waals surface area contributed by atoms with Crippen molar-refractivity contribution in [1.29, 1.82) is 5.26 Å². The molecule has 134 valence electrons. The summed E-state index contributed by atoms with van der Waals surface area (Å²) in [7, 11) is 3.93. The standard InChI is InChI=1S/C20H23N5O/c1-23-10-11-25(18(14-23)17-6-4-3-5-7-17)20(26)15-24(2)19-9-8-16(12-21)13-22-19/h3-9,13,18H,10-11,14-15H2,1-2H3/t18-/m1/s1. The minimum Gasteiger partial charge on any atom is -0.350 e. The Morgan fingerprint density at radius 3 is 2.69 bits per heavy atom. The van der Waals surface area contributed by atoms with Gasteiger partial charge >= 0.3 is 0 Å². The summed E-state index contributed by atoms with van der Waals surface area (Å²) < 4.78 is 0. The Bertz CT molecular complexity index is 784. The zero-order chi connectivity index (χ0) is 18.5. The number of anilines is 1. The highest BCUT2D eigenvalue weighted by atomic mass is 16.2. The molecule has 1 saturated heterocycles. The van der Waals surface area contributed by atoms with Crippen LogP contribution >= 0.6 is 0 Å². The fourth-order valence-corrected chi connectivity index (χ4v) is 3.23. The lowest BCUT2D eigenvalue weighted by atomic mass is 10.0. The van der Waals surface area contributed by atoms with Crippen LogP contribution in [0.4, 0.5) is 5.82 Å². The van der Waals surface area contributed by atoms with Crippen molar-refractivity contribution in [3.05, 3.63) is 59.8 Å². The van der Waals surface area contributed by atoms with Crippen LogP contribution in [0.1, 0.15) is 17.2 Å². The van der Waals surface area contributed by atoms with Gasteiger partial charge in [-0.15, -0.1) is 0 Å². The van der Waals surface area contributed by atoms with Gasteiger partial charge in [0.2, 0.25) is 5.91 Å². The number of rotatable bonds is 4. The van der Waals surface area contributed by atoms with Gasteiger partial charge in [0.05, 0.1) is 18.2 Å². The Hall–Kier alpha value is -2.91. The van der Waals surface area contributed by atoms with Gasteiger partial charge in [0, 0.05) is 32.9 Å². The van der Waals surface area contributed by atoms with E-state index in [2.05, 4.69) is 35.1 Å². The molecule has 1 fully saturated rings. The maximum absolute atomic E-state index is 13.0. The van der Waals surface area contributed by atoms with Crippen molar-refractivity contribution in [3.8, 4) is 6.07 Å². The van der Waals surface area contributed by atoms with Gasteiger partial charge in [0.25, 0.3) is 0 Å². The largest absolute Gasteiger partial charge is 0.350 e. The minimum absolute atomic E-state index is 0.0600. The Balaban J connectivity index is 1.73. The maximum Gasteiger partial charge on any atom is 0.242 e. The summed E-state index contributed by atoms with van der Waals surface area (Å²) in [6.45, 7) is 2.66. The van der Waals surface area contributed by atoms with Crippen molar-refractivity contribution in [1.82, 2.24) is 14.8 Å². The maximum atomic E-state index is 13.0. The summed E-state index contributed by atoms with van der Waals surface area (Å²) in [4.78, 5) is 23.3. The van der Waals surface area contributed by atoms with E-state index < -0.39 is 0 Å². The van der Waals surface area contributed by atoms with Crippen LogP contribution < -0.4 is 4.90 Å². The van der Waals surface area contributed by atoms with Crippen molar-refractivity contribution in [2.45, 2.75) is 6.04 Å². The van der Waals surface area contributed by atoms with Gasteiger partial charge in [0.1, 0.15) is 11.9 Å². The second kappa shape index (κ2) is 7.98. The molecular formula is C20H23N5O. The lowest BCUT2D eigenvalue weighted by molar-refractivity contribution is -0.134. The number of hydrogen-bond acceptors (Lipinski definition) is 5. The molecule has 1 aliphatic rings. The lowest BCUT2D eigenvalue weighted by Gasteiger charge is -2.41. The number of likely N-dealkylation sites (N-methyl/N-ethyl adjacent to an activating group) is 2. The number of benzene rings is 1. The van der Waals surface area contributed by atoms with Gasteiger partial charge in [0.15, 0.2) is 0 Å². The molecule has 1 aromatic carbocycles. The summed E-state index contributed by atoms with van der Waals surface area (Å²) >= 11 is 0. The molecule has 1 atom stereocenters. The van der Waals surface area contributed by atoms with Crippen molar-refractivity contribution in [3.63, 3.8) is 0 Å². The van der Waals surface area contributed by atoms with Crippen LogP contribution in [-0.4, -0.2) is 61.0 Å². The zero-order valence-corrected chi connectivity index (χ0v) is 15.2. The normalized spacial score (nSPS) is 17.6. The van der Waals surface area contributed by atoms with Crippen LogP contribution in [0.3, 0.4) is 0 Å². The molecule has 0 N–H and O–H groups in total. The number of aromatic nitrogens is 1. The Morgan fingerprint density at radius 1 is 1.27 bits per heavy atom. The molecule has 6 heteroatoms. The monoisotopic (exact) mass is 349 g/mol.